The summed E-state index contributed by atoms with van der Waals surface area (Å²) in [5, 5.41) is 0. The van der Waals surface area contributed by atoms with Gasteiger partial charge in [0.05, 0.1) is 7.11 Å². The SMILES string of the molecule is COc1ccc(COc2cc(F)ccc2[C@H](C)N)c(F)c1. The van der Waals surface area contributed by atoms with Crippen LogP contribution in [-0.2, 0) is 6.61 Å². The number of benzene rings is 2. The van der Waals surface area contributed by atoms with Crippen LogP contribution in [0.3, 0.4) is 0 Å². The first-order valence-corrected chi connectivity index (χ1v) is 6.51. The molecule has 2 aromatic carbocycles. The molecule has 112 valence electrons. The van der Waals surface area contributed by atoms with Crippen LogP contribution in [0.25, 0.3) is 0 Å². The Hall–Kier alpha value is -2.14. The molecule has 0 spiro atoms. The lowest BCUT2D eigenvalue weighted by molar-refractivity contribution is 0.293. The number of ether oxygens (including phenoxy) is 2. The van der Waals surface area contributed by atoms with Gasteiger partial charge in [0, 0.05) is 29.3 Å². The van der Waals surface area contributed by atoms with E-state index in [1.807, 2.05) is 0 Å². The van der Waals surface area contributed by atoms with Gasteiger partial charge >= 0.3 is 0 Å². The zero-order valence-corrected chi connectivity index (χ0v) is 11.9. The number of hydrogen-bond donors (Lipinski definition) is 1. The summed E-state index contributed by atoms with van der Waals surface area (Å²) in [4.78, 5) is 0. The molecule has 1 atom stereocenters. The third kappa shape index (κ3) is 3.70. The van der Waals surface area contributed by atoms with E-state index in [1.165, 1.54) is 25.3 Å². The van der Waals surface area contributed by atoms with Crippen LogP contribution in [-0.4, -0.2) is 7.11 Å². The molecule has 0 aliphatic heterocycles. The van der Waals surface area contributed by atoms with Crippen molar-refractivity contribution in [2.45, 2.75) is 19.6 Å². The Bertz CT molecular complexity index is 630. The normalized spacial score (nSPS) is 12.0. The molecule has 0 heterocycles. The van der Waals surface area contributed by atoms with Crippen molar-refractivity contribution < 1.29 is 18.3 Å². The lowest BCUT2D eigenvalue weighted by Crippen LogP contribution is -2.09. The molecule has 0 unspecified atom stereocenters. The Labute approximate surface area is 122 Å². The van der Waals surface area contributed by atoms with Gasteiger partial charge in [-0.3, -0.25) is 0 Å². The Morgan fingerprint density at radius 3 is 2.52 bits per heavy atom. The summed E-state index contributed by atoms with van der Waals surface area (Å²) in [7, 11) is 1.46. The van der Waals surface area contributed by atoms with E-state index in [-0.39, 0.29) is 12.6 Å². The molecule has 0 amide bonds. The standard InChI is InChI=1S/C16H17F2NO2/c1-10(19)14-6-4-12(17)7-16(14)21-9-11-3-5-13(20-2)8-15(11)18/h3-8,10H,9,19H2,1-2H3/t10-/m0/s1. The lowest BCUT2D eigenvalue weighted by Gasteiger charge is -2.14. The number of methoxy groups -OCH3 is 1. The maximum atomic E-state index is 13.8. The Kier molecular flexibility index (Phi) is 4.75. The maximum Gasteiger partial charge on any atom is 0.133 e. The molecule has 0 saturated heterocycles. The largest absolute Gasteiger partial charge is 0.497 e. The highest BCUT2D eigenvalue weighted by molar-refractivity contribution is 5.36. The van der Waals surface area contributed by atoms with E-state index in [0.717, 1.165) is 0 Å². The first-order valence-electron chi connectivity index (χ1n) is 6.51. The van der Waals surface area contributed by atoms with E-state index in [1.54, 1.807) is 25.1 Å². The van der Waals surface area contributed by atoms with Crippen LogP contribution in [0, 0.1) is 11.6 Å². The molecule has 0 bridgehead atoms. The van der Waals surface area contributed by atoms with Crippen molar-refractivity contribution >= 4 is 0 Å². The average Bonchev–Trinajstić information content (AvgIpc) is 2.45. The van der Waals surface area contributed by atoms with E-state index in [2.05, 4.69) is 0 Å². The van der Waals surface area contributed by atoms with Crippen molar-refractivity contribution in [2.24, 2.45) is 5.73 Å². The van der Waals surface area contributed by atoms with Crippen LogP contribution in [0.15, 0.2) is 36.4 Å². The second-order valence-electron chi connectivity index (χ2n) is 4.72. The molecule has 3 nitrogen and oxygen atoms in total. The Balaban J connectivity index is 2.18. The zero-order chi connectivity index (χ0) is 15.4. The molecule has 0 fully saturated rings. The first-order chi connectivity index (χ1) is 10.0. The van der Waals surface area contributed by atoms with Crippen molar-refractivity contribution in [3.05, 3.63) is 59.2 Å². The van der Waals surface area contributed by atoms with Crippen LogP contribution >= 0.6 is 0 Å². The van der Waals surface area contributed by atoms with Crippen molar-refractivity contribution in [2.75, 3.05) is 7.11 Å². The van der Waals surface area contributed by atoms with Crippen molar-refractivity contribution in [3.63, 3.8) is 0 Å². The molecule has 0 aromatic heterocycles. The van der Waals surface area contributed by atoms with Crippen molar-refractivity contribution in [1.29, 1.82) is 0 Å². The van der Waals surface area contributed by atoms with E-state index in [0.29, 0.717) is 22.6 Å². The minimum atomic E-state index is -0.437. The quantitative estimate of drug-likeness (QED) is 0.916. The summed E-state index contributed by atoms with van der Waals surface area (Å²) < 4.78 is 37.6. The molecule has 0 aliphatic carbocycles. The predicted octanol–water partition coefficient (Wildman–Crippen LogP) is 3.57. The molecule has 0 aliphatic rings. The molecule has 2 N–H and O–H groups in total. The van der Waals surface area contributed by atoms with Gasteiger partial charge in [-0.25, -0.2) is 8.78 Å². The molecule has 5 heteroatoms. The van der Waals surface area contributed by atoms with Gasteiger partial charge in [-0.05, 0) is 25.1 Å². The van der Waals surface area contributed by atoms with Gasteiger partial charge in [0.15, 0.2) is 0 Å². The maximum absolute atomic E-state index is 13.8. The van der Waals surface area contributed by atoms with Crippen molar-refractivity contribution in [1.82, 2.24) is 0 Å². The summed E-state index contributed by atoms with van der Waals surface area (Å²) in [5.41, 5.74) is 6.84. The third-order valence-electron chi connectivity index (χ3n) is 3.11. The van der Waals surface area contributed by atoms with Crippen LogP contribution in [0.5, 0.6) is 11.5 Å². The third-order valence-corrected chi connectivity index (χ3v) is 3.11. The average molecular weight is 293 g/mol. The number of rotatable bonds is 5. The van der Waals surface area contributed by atoms with Gasteiger partial charge in [-0.15, -0.1) is 0 Å². The first kappa shape index (κ1) is 15.3. The minimum absolute atomic E-state index is 0.0149. The fraction of sp³-hybridized carbons (Fsp3) is 0.250. The summed E-state index contributed by atoms with van der Waals surface area (Å²) in [6, 6.07) is 8.32. The summed E-state index contributed by atoms with van der Waals surface area (Å²) in [6.07, 6.45) is 0. The highest BCUT2D eigenvalue weighted by atomic mass is 19.1. The van der Waals surface area contributed by atoms with Gasteiger partial charge in [0.2, 0.25) is 0 Å². The van der Waals surface area contributed by atoms with Gasteiger partial charge in [-0.1, -0.05) is 6.07 Å². The van der Waals surface area contributed by atoms with E-state index >= 15 is 0 Å². The van der Waals surface area contributed by atoms with Gasteiger partial charge in [-0.2, -0.15) is 0 Å². The van der Waals surface area contributed by atoms with E-state index in [4.69, 9.17) is 15.2 Å². The molecule has 0 radical (unpaired) electrons. The van der Waals surface area contributed by atoms with E-state index in [9.17, 15) is 8.78 Å². The fourth-order valence-corrected chi connectivity index (χ4v) is 1.94. The second kappa shape index (κ2) is 6.54. The minimum Gasteiger partial charge on any atom is -0.497 e. The topological polar surface area (TPSA) is 44.5 Å². The number of halogens is 2. The van der Waals surface area contributed by atoms with Gasteiger partial charge in [0.25, 0.3) is 0 Å². The predicted molar refractivity (Wildman–Crippen MR) is 76.3 cm³/mol. The highest BCUT2D eigenvalue weighted by Crippen LogP contribution is 2.26. The fourth-order valence-electron chi connectivity index (χ4n) is 1.94. The monoisotopic (exact) mass is 293 g/mol. The molecular weight excluding hydrogens is 276 g/mol. The summed E-state index contributed by atoms with van der Waals surface area (Å²) >= 11 is 0. The molecule has 2 aromatic rings. The van der Waals surface area contributed by atoms with Crippen LogP contribution in [0.1, 0.15) is 24.1 Å². The number of hydrogen-bond acceptors (Lipinski definition) is 3. The Morgan fingerprint density at radius 1 is 1.14 bits per heavy atom. The number of nitrogens with two attached hydrogens (primary N) is 1. The zero-order valence-electron chi connectivity index (χ0n) is 11.9. The molecule has 2 rings (SSSR count). The van der Waals surface area contributed by atoms with Gasteiger partial charge < -0.3 is 15.2 Å². The van der Waals surface area contributed by atoms with Crippen LogP contribution < -0.4 is 15.2 Å². The molecular formula is C16H17F2NO2. The van der Waals surface area contributed by atoms with Gasteiger partial charge in [0.1, 0.15) is 29.7 Å². The van der Waals surface area contributed by atoms with Crippen molar-refractivity contribution in [3.8, 4) is 11.5 Å². The Morgan fingerprint density at radius 2 is 1.90 bits per heavy atom. The summed E-state index contributed by atoms with van der Waals surface area (Å²) in [5.74, 6) is -0.115. The smallest absolute Gasteiger partial charge is 0.133 e. The van der Waals surface area contributed by atoms with E-state index < -0.39 is 11.6 Å². The highest BCUT2D eigenvalue weighted by Gasteiger charge is 2.11. The molecule has 0 saturated carbocycles. The summed E-state index contributed by atoms with van der Waals surface area (Å²) in [6.45, 7) is 1.76. The molecule has 21 heavy (non-hydrogen) atoms. The van der Waals surface area contributed by atoms with Crippen LogP contribution in [0.4, 0.5) is 8.78 Å². The lowest BCUT2D eigenvalue weighted by atomic mass is 10.1. The van der Waals surface area contributed by atoms with Crippen LogP contribution in [0.2, 0.25) is 0 Å². The second-order valence-corrected chi connectivity index (χ2v) is 4.72.